The molecule has 0 spiro atoms. The van der Waals surface area contributed by atoms with E-state index in [0.717, 1.165) is 46.0 Å². The molecule has 31 heavy (non-hydrogen) atoms. The van der Waals surface area contributed by atoms with Gasteiger partial charge in [0.05, 0.1) is 22.9 Å². The van der Waals surface area contributed by atoms with Gasteiger partial charge in [0.25, 0.3) is 0 Å². The van der Waals surface area contributed by atoms with Crippen molar-refractivity contribution in [2.24, 2.45) is 0 Å². The van der Waals surface area contributed by atoms with Gasteiger partial charge in [0.2, 0.25) is 5.95 Å². The molecule has 2 heterocycles. The van der Waals surface area contributed by atoms with Crippen LogP contribution in [0.3, 0.4) is 0 Å². The largest absolute Gasteiger partial charge is 0.338 e. The van der Waals surface area contributed by atoms with Gasteiger partial charge in [0.1, 0.15) is 0 Å². The Morgan fingerprint density at radius 1 is 1.19 bits per heavy atom. The van der Waals surface area contributed by atoms with Crippen LogP contribution in [0.2, 0.25) is 0 Å². The van der Waals surface area contributed by atoms with Crippen LogP contribution < -0.4 is 16.0 Å². The van der Waals surface area contributed by atoms with Crippen molar-refractivity contribution < 1.29 is 4.79 Å². The minimum Gasteiger partial charge on any atom is -0.338 e. The number of aromatic amines is 1. The SMILES string of the molecule is Cc1cccc2cnc(Nc3cc(NC(=O)NCCCN(C)C)c4cn[nH]c4c3)nc12. The zero-order valence-corrected chi connectivity index (χ0v) is 17.9. The van der Waals surface area contributed by atoms with Crippen LogP contribution in [0.1, 0.15) is 12.0 Å². The van der Waals surface area contributed by atoms with Gasteiger partial charge in [-0.25, -0.2) is 14.8 Å². The van der Waals surface area contributed by atoms with Gasteiger partial charge in [-0.3, -0.25) is 5.10 Å². The number of urea groups is 1. The number of aryl methyl sites for hydroxylation is 1. The summed E-state index contributed by atoms with van der Waals surface area (Å²) in [5.74, 6) is 0.486. The molecule has 160 valence electrons. The topological polar surface area (TPSA) is 111 Å². The van der Waals surface area contributed by atoms with E-state index in [1.165, 1.54) is 0 Å². The average molecular weight is 419 g/mol. The van der Waals surface area contributed by atoms with E-state index in [-0.39, 0.29) is 6.03 Å². The second-order valence-corrected chi connectivity index (χ2v) is 7.72. The van der Waals surface area contributed by atoms with Gasteiger partial charge in [0.15, 0.2) is 0 Å². The molecule has 0 aliphatic rings. The average Bonchev–Trinajstić information content (AvgIpc) is 3.21. The van der Waals surface area contributed by atoms with E-state index in [1.807, 2.05) is 51.4 Å². The fourth-order valence-corrected chi connectivity index (χ4v) is 3.38. The number of nitrogens with one attached hydrogen (secondary N) is 4. The summed E-state index contributed by atoms with van der Waals surface area (Å²) in [6.07, 6.45) is 4.37. The van der Waals surface area contributed by atoms with Crippen molar-refractivity contribution >= 4 is 45.2 Å². The highest BCUT2D eigenvalue weighted by Crippen LogP contribution is 2.28. The minimum absolute atomic E-state index is 0.254. The van der Waals surface area contributed by atoms with Crippen molar-refractivity contribution in [1.82, 2.24) is 30.4 Å². The van der Waals surface area contributed by atoms with Gasteiger partial charge in [-0.1, -0.05) is 18.2 Å². The Morgan fingerprint density at radius 3 is 2.90 bits per heavy atom. The number of aromatic nitrogens is 4. The van der Waals surface area contributed by atoms with Gasteiger partial charge >= 0.3 is 6.03 Å². The van der Waals surface area contributed by atoms with E-state index >= 15 is 0 Å². The van der Waals surface area contributed by atoms with E-state index < -0.39 is 0 Å². The molecule has 0 saturated heterocycles. The number of H-pyrrole nitrogens is 1. The first kappa shape index (κ1) is 20.5. The van der Waals surface area contributed by atoms with Crippen LogP contribution in [-0.2, 0) is 0 Å². The van der Waals surface area contributed by atoms with Crippen LogP contribution in [0, 0.1) is 6.92 Å². The number of rotatable bonds is 7. The van der Waals surface area contributed by atoms with Crippen molar-refractivity contribution in [3.8, 4) is 0 Å². The van der Waals surface area contributed by atoms with E-state index in [4.69, 9.17) is 0 Å². The lowest BCUT2D eigenvalue weighted by molar-refractivity contribution is 0.251. The first-order chi connectivity index (χ1) is 15.0. The monoisotopic (exact) mass is 418 g/mol. The zero-order valence-electron chi connectivity index (χ0n) is 17.9. The molecule has 2 aromatic carbocycles. The van der Waals surface area contributed by atoms with Crippen LogP contribution in [0.5, 0.6) is 0 Å². The summed E-state index contributed by atoms with van der Waals surface area (Å²) in [5.41, 5.74) is 4.17. The minimum atomic E-state index is -0.254. The molecule has 0 aliphatic carbocycles. The van der Waals surface area contributed by atoms with Crippen LogP contribution in [0.15, 0.2) is 42.7 Å². The normalized spacial score (nSPS) is 11.2. The lowest BCUT2D eigenvalue weighted by atomic mass is 10.1. The maximum absolute atomic E-state index is 12.4. The Balaban J connectivity index is 1.53. The third kappa shape index (κ3) is 4.89. The molecule has 0 atom stereocenters. The van der Waals surface area contributed by atoms with Crippen molar-refractivity contribution in [2.75, 3.05) is 37.8 Å². The molecule has 2 aromatic heterocycles. The summed E-state index contributed by atoms with van der Waals surface area (Å²) in [6, 6.07) is 9.51. The number of hydrogen-bond donors (Lipinski definition) is 4. The highest BCUT2D eigenvalue weighted by Gasteiger charge is 2.11. The van der Waals surface area contributed by atoms with E-state index in [9.17, 15) is 4.79 Å². The number of carbonyl (C=O) groups is 1. The first-order valence-electron chi connectivity index (χ1n) is 10.2. The van der Waals surface area contributed by atoms with Crippen LogP contribution in [-0.4, -0.2) is 58.3 Å². The molecule has 0 unspecified atom stereocenters. The Morgan fingerprint density at radius 2 is 2.06 bits per heavy atom. The second kappa shape index (κ2) is 8.97. The molecular weight excluding hydrogens is 392 g/mol. The predicted molar refractivity (Wildman–Crippen MR) is 124 cm³/mol. The Bertz CT molecular complexity index is 1220. The Hall–Kier alpha value is -3.72. The predicted octanol–water partition coefficient (Wildman–Crippen LogP) is 3.63. The molecule has 4 aromatic rings. The molecule has 0 bridgehead atoms. The molecule has 0 saturated carbocycles. The summed E-state index contributed by atoms with van der Waals surface area (Å²) < 4.78 is 0. The fraction of sp³-hybridized carbons (Fsp3) is 0.273. The lowest BCUT2D eigenvalue weighted by Crippen LogP contribution is -2.31. The smallest absolute Gasteiger partial charge is 0.319 e. The number of fused-ring (bicyclic) bond motifs is 2. The highest BCUT2D eigenvalue weighted by molar-refractivity contribution is 6.02. The standard InChI is InChI=1S/C22H26N8O/c1-14-6-4-7-15-12-24-21(28-20(14)15)26-16-10-18(17-13-25-29-19(17)11-16)27-22(31)23-8-5-9-30(2)3/h4,6-7,10-13H,5,8-9H2,1-3H3,(H,25,29)(H2,23,27,31)(H,24,26,28). The summed E-state index contributed by atoms with van der Waals surface area (Å²) in [4.78, 5) is 23.5. The van der Waals surface area contributed by atoms with Crippen molar-refractivity contribution in [3.63, 3.8) is 0 Å². The van der Waals surface area contributed by atoms with Crippen molar-refractivity contribution in [3.05, 3.63) is 48.3 Å². The number of amides is 2. The maximum atomic E-state index is 12.4. The third-order valence-corrected chi connectivity index (χ3v) is 4.94. The third-order valence-electron chi connectivity index (χ3n) is 4.94. The Kier molecular flexibility index (Phi) is 5.94. The number of carbonyl (C=O) groups excluding carboxylic acids is 1. The molecule has 0 fully saturated rings. The molecule has 2 amide bonds. The van der Waals surface area contributed by atoms with Crippen molar-refractivity contribution in [2.45, 2.75) is 13.3 Å². The van der Waals surface area contributed by atoms with Crippen molar-refractivity contribution in [1.29, 1.82) is 0 Å². The summed E-state index contributed by atoms with van der Waals surface area (Å²) in [6.45, 7) is 3.53. The van der Waals surface area contributed by atoms with E-state index in [2.05, 4.69) is 41.0 Å². The molecule has 4 N–H and O–H groups in total. The quantitative estimate of drug-likeness (QED) is 0.341. The van der Waals surface area contributed by atoms with E-state index in [0.29, 0.717) is 18.2 Å². The lowest BCUT2D eigenvalue weighted by Gasteiger charge is -2.13. The second-order valence-electron chi connectivity index (χ2n) is 7.72. The Labute approximate surface area is 180 Å². The molecule has 0 radical (unpaired) electrons. The van der Waals surface area contributed by atoms with Crippen LogP contribution in [0.25, 0.3) is 21.8 Å². The molecule has 4 rings (SSSR count). The highest BCUT2D eigenvalue weighted by atomic mass is 16.2. The summed E-state index contributed by atoms with van der Waals surface area (Å²) in [5, 5.41) is 17.9. The molecule has 9 nitrogen and oxygen atoms in total. The van der Waals surface area contributed by atoms with Gasteiger partial charge in [0, 0.05) is 29.2 Å². The van der Waals surface area contributed by atoms with Gasteiger partial charge in [-0.05, 0) is 51.7 Å². The van der Waals surface area contributed by atoms with E-state index in [1.54, 1.807) is 12.4 Å². The summed E-state index contributed by atoms with van der Waals surface area (Å²) in [7, 11) is 4.02. The number of para-hydroxylation sites is 1. The number of benzene rings is 2. The summed E-state index contributed by atoms with van der Waals surface area (Å²) >= 11 is 0. The fourth-order valence-electron chi connectivity index (χ4n) is 3.38. The maximum Gasteiger partial charge on any atom is 0.319 e. The van der Waals surface area contributed by atoms with Crippen LogP contribution >= 0.6 is 0 Å². The van der Waals surface area contributed by atoms with Gasteiger partial charge in [-0.2, -0.15) is 5.10 Å². The first-order valence-corrected chi connectivity index (χ1v) is 10.2. The number of nitrogens with zero attached hydrogens (tertiary/aromatic N) is 4. The van der Waals surface area contributed by atoms with Crippen LogP contribution in [0.4, 0.5) is 22.1 Å². The molecular formula is C22H26N8O. The number of hydrogen-bond acceptors (Lipinski definition) is 6. The number of anilines is 3. The zero-order chi connectivity index (χ0) is 21.8. The molecule has 9 heteroatoms. The van der Waals surface area contributed by atoms with Gasteiger partial charge < -0.3 is 20.9 Å². The molecule has 0 aliphatic heterocycles. The van der Waals surface area contributed by atoms with Gasteiger partial charge in [-0.15, -0.1) is 0 Å².